The zero-order chi connectivity index (χ0) is 19.6. The van der Waals surface area contributed by atoms with Crippen molar-refractivity contribution in [1.82, 2.24) is 4.90 Å². The minimum absolute atomic E-state index is 0.197. The zero-order valence-electron chi connectivity index (χ0n) is 14.0. The number of nitrogens with two attached hydrogens (primary N) is 1. The minimum atomic E-state index is -1.03. The quantitative estimate of drug-likeness (QED) is 0.702. The highest BCUT2D eigenvalue weighted by Gasteiger charge is 2.34. The van der Waals surface area contributed by atoms with Crippen LogP contribution in [-0.2, 0) is 4.79 Å². The number of carbonyl (C=O) groups excluding carboxylic acids is 2. The molecule has 0 aromatic heterocycles. The number of rotatable bonds is 7. The highest BCUT2D eigenvalue weighted by atomic mass is 32.2. The van der Waals surface area contributed by atoms with Crippen molar-refractivity contribution in [3.63, 3.8) is 0 Å². The van der Waals surface area contributed by atoms with Crippen LogP contribution in [0, 0.1) is 11.6 Å². The molecule has 0 unspecified atom stereocenters. The molecule has 3 N–H and O–H groups in total. The number of halogens is 2. The van der Waals surface area contributed by atoms with Crippen LogP contribution in [0.2, 0.25) is 0 Å². The number of amides is 2. The maximum absolute atomic E-state index is 14.0. The van der Waals surface area contributed by atoms with E-state index in [4.69, 9.17) is 10.5 Å². The van der Waals surface area contributed by atoms with Crippen LogP contribution in [0.15, 0.2) is 41.3 Å². The van der Waals surface area contributed by atoms with Gasteiger partial charge in [-0.2, -0.15) is 0 Å². The average molecular weight is 394 g/mol. The lowest BCUT2D eigenvalue weighted by atomic mass is 10.1. The smallest absolute Gasteiger partial charge is 0.256 e. The van der Waals surface area contributed by atoms with Crippen LogP contribution in [0.4, 0.5) is 8.78 Å². The number of ether oxygens (including phenoxy) is 1. The molecule has 0 radical (unpaired) electrons. The van der Waals surface area contributed by atoms with E-state index in [9.17, 15) is 23.5 Å². The second-order valence-corrected chi connectivity index (χ2v) is 6.95. The molecule has 1 heterocycles. The van der Waals surface area contributed by atoms with Crippen LogP contribution in [0.25, 0.3) is 0 Å². The van der Waals surface area contributed by atoms with E-state index in [0.717, 1.165) is 23.9 Å². The summed E-state index contributed by atoms with van der Waals surface area (Å²) in [5.41, 5.74) is 5.87. The maximum Gasteiger partial charge on any atom is 0.256 e. The van der Waals surface area contributed by atoms with Crippen LogP contribution in [0.5, 0.6) is 5.75 Å². The second-order valence-electron chi connectivity index (χ2n) is 5.78. The van der Waals surface area contributed by atoms with Gasteiger partial charge in [0.15, 0.2) is 30.2 Å². The van der Waals surface area contributed by atoms with Gasteiger partial charge < -0.3 is 20.5 Å². The first-order valence-corrected chi connectivity index (χ1v) is 8.98. The highest BCUT2D eigenvalue weighted by Crippen LogP contribution is 2.33. The Morgan fingerprint density at radius 2 is 1.93 bits per heavy atom. The van der Waals surface area contributed by atoms with Crippen molar-refractivity contribution < 1.29 is 28.2 Å². The summed E-state index contributed by atoms with van der Waals surface area (Å²) in [4.78, 5) is 24.6. The molecule has 2 amide bonds. The molecule has 2 aromatic carbocycles. The maximum atomic E-state index is 14.0. The normalized spacial score (nSPS) is 15.7. The summed E-state index contributed by atoms with van der Waals surface area (Å²) in [6, 6.07) is 8.92. The Hall–Kier alpha value is -2.65. The van der Waals surface area contributed by atoms with Crippen LogP contribution < -0.4 is 10.5 Å². The lowest BCUT2D eigenvalue weighted by Crippen LogP contribution is -2.30. The van der Waals surface area contributed by atoms with Crippen LogP contribution in [0.3, 0.4) is 0 Å². The molecule has 0 saturated carbocycles. The molecule has 1 aliphatic rings. The lowest BCUT2D eigenvalue weighted by molar-refractivity contribution is -0.120. The van der Waals surface area contributed by atoms with Gasteiger partial charge in [0.25, 0.3) is 11.8 Å². The standard InChI is InChI=1S/C18H16F2N2O4S/c19-13-7-10(8-14(20)16(13)26-9-15(21)23)27-6-5-22-17(24)11-3-1-2-4-12(11)18(22)25/h1-4,7-8,17,24H,5-6,9H2,(H2,21,23)/t17-/m0/s1. The van der Waals surface area contributed by atoms with Gasteiger partial charge in [-0.15, -0.1) is 11.8 Å². The van der Waals surface area contributed by atoms with Gasteiger partial charge in [0.05, 0.1) is 0 Å². The molecule has 0 fully saturated rings. The Morgan fingerprint density at radius 1 is 1.26 bits per heavy atom. The number of carbonyl (C=O) groups is 2. The highest BCUT2D eigenvalue weighted by molar-refractivity contribution is 7.99. The summed E-state index contributed by atoms with van der Waals surface area (Å²) >= 11 is 1.12. The van der Waals surface area contributed by atoms with Crippen molar-refractivity contribution in [1.29, 1.82) is 0 Å². The number of thioether (sulfide) groups is 1. The van der Waals surface area contributed by atoms with Gasteiger partial charge in [-0.3, -0.25) is 9.59 Å². The number of hydrogen-bond acceptors (Lipinski definition) is 5. The van der Waals surface area contributed by atoms with Gasteiger partial charge in [0, 0.05) is 28.3 Å². The Kier molecular flexibility index (Phi) is 5.62. The number of aliphatic hydroxyl groups excluding tert-OH is 1. The topological polar surface area (TPSA) is 92.9 Å². The third-order valence-electron chi connectivity index (χ3n) is 3.96. The molecule has 2 aromatic rings. The van der Waals surface area contributed by atoms with Crippen molar-refractivity contribution in [2.75, 3.05) is 18.9 Å². The number of hydrogen-bond donors (Lipinski definition) is 2. The van der Waals surface area contributed by atoms with Crippen molar-refractivity contribution >= 4 is 23.6 Å². The number of aliphatic hydroxyl groups is 1. The Morgan fingerprint density at radius 3 is 2.56 bits per heavy atom. The lowest BCUT2D eigenvalue weighted by Gasteiger charge is -2.20. The third kappa shape index (κ3) is 4.04. The van der Waals surface area contributed by atoms with Gasteiger partial charge in [0.2, 0.25) is 0 Å². The summed E-state index contributed by atoms with van der Waals surface area (Å²) in [6.45, 7) is -0.432. The SMILES string of the molecule is NC(=O)COc1c(F)cc(SCCN2C(=O)c3ccccc3[C@@H]2O)cc1F. The molecule has 142 valence electrons. The Balaban J connectivity index is 1.61. The first-order valence-electron chi connectivity index (χ1n) is 7.99. The number of primary amides is 1. The monoisotopic (exact) mass is 394 g/mol. The molecule has 0 spiro atoms. The fourth-order valence-electron chi connectivity index (χ4n) is 2.74. The summed E-state index contributed by atoms with van der Waals surface area (Å²) in [7, 11) is 0. The Bertz CT molecular complexity index is 870. The minimum Gasteiger partial charge on any atom is -0.478 e. The fourth-order valence-corrected chi connectivity index (χ4v) is 3.63. The van der Waals surface area contributed by atoms with E-state index in [1.165, 1.54) is 4.90 Å². The summed E-state index contributed by atoms with van der Waals surface area (Å²) < 4.78 is 32.6. The number of nitrogens with zero attached hydrogens (tertiary/aromatic N) is 1. The van der Waals surface area contributed by atoms with E-state index >= 15 is 0 Å². The van der Waals surface area contributed by atoms with E-state index in [1.54, 1.807) is 24.3 Å². The number of benzene rings is 2. The van der Waals surface area contributed by atoms with E-state index in [2.05, 4.69) is 0 Å². The molecule has 1 aliphatic heterocycles. The van der Waals surface area contributed by atoms with E-state index in [-0.39, 0.29) is 17.3 Å². The van der Waals surface area contributed by atoms with Gasteiger partial charge >= 0.3 is 0 Å². The molecular formula is C18H16F2N2O4S. The number of fused-ring (bicyclic) bond motifs is 1. The molecule has 0 saturated heterocycles. The zero-order valence-corrected chi connectivity index (χ0v) is 14.8. The van der Waals surface area contributed by atoms with Gasteiger partial charge in [0.1, 0.15) is 0 Å². The first-order chi connectivity index (χ1) is 12.9. The van der Waals surface area contributed by atoms with E-state index < -0.39 is 36.1 Å². The molecule has 1 atom stereocenters. The van der Waals surface area contributed by atoms with Crippen molar-refractivity contribution in [2.24, 2.45) is 5.73 Å². The van der Waals surface area contributed by atoms with Gasteiger partial charge in [-0.25, -0.2) is 8.78 Å². The molecule has 27 heavy (non-hydrogen) atoms. The van der Waals surface area contributed by atoms with E-state index in [0.29, 0.717) is 16.9 Å². The van der Waals surface area contributed by atoms with Crippen molar-refractivity contribution in [2.45, 2.75) is 11.1 Å². The second kappa shape index (κ2) is 7.93. The van der Waals surface area contributed by atoms with Crippen molar-refractivity contribution in [3.8, 4) is 5.75 Å². The summed E-state index contributed by atoms with van der Waals surface area (Å²) in [6.07, 6.45) is -1.03. The molecule has 9 heteroatoms. The summed E-state index contributed by atoms with van der Waals surface area (Å²) in [5, 5.41) is 10.3. The van der Waals surface area contributed by atoms with Gasteiger partial charge in [-0.05, 0) is 18.2 Å². The van der Waals surface area contributed by atoms with E-state index in [1.807, 2.05) is 0 Å². The molecule has 0 aliphatic carbocycles. The average Bonchev–Trinajstić information content (AvgIpc) is 2.86. The van der Waals surface area contributed by atoms with Crippen molar-refractivity contribution in [3.05, 3.63) is 59.2 Å². The van der Waals surface area contributed by atoms with Gasteiger partial charge in [-0.1, -0.05) is 18.2 Å². The molecule has 6 nitrogen and oxygen atoms in total. The molecule has 0 bridgehead atoms. The first kappa shape index (κ1) is 19.1. The Labute approximate surface area is 157 Å². The van der Waals surface area contributed by atoms with Crippen LogP contribution >= 0.6 is 11.8 Å². The van der Waals surface area contributed by atoms with Crippen LogP contribution in [0.1, 0.15) is 22.1 Å². The predicted octanol–water partition coefficient (Wildman–Crippen LogP) is 2.07. The predicted molar refractivity (Wildman–Crippen MR) is 94.2 cm³/mol. The fraction of sp³-hybridized carbons (Fsp3) is 0.222. The molecule has 3 rings (SSSR count). The molecular weight excluding hydrogens is 378 g/mol. The van der Waals surface area contributed by atoms with Crippen LogP contribution in [-0.4, -0.2) is 40.7 Å². The summed E-state index contributed by atoms with van der Waals surface area (Å²) in [5.74, 6) is -3.39. The largest absolute Gasteiger partial charge is 0.478 e. The third-order valence-corrected chi connectivity index (χ3v) is 4.91.